The Morgan fingerprint density at radius 1 is 1.03 bits per heavy atom. The van der Waals surface area contributed by atoms with E-state index >= 15 is 0 Å². The van der Waals surface area contributed by atoms with Crippen LogP contribution in [0.3, 0.4) is 0 Å². The van der Waals surface area contributed by atoms with Crippen molar-refractivity contribution in [2.45, 2.75) is 12.8 Å². The predicted molar refractivity (Wildman–Crippen MR) is 125 cm³/mol. The molecule has 0 atom stereocenters. The number of ether oxygens (including phenoxy) is 1. The summed E-state index contributed by atoms with van der Waals surface area (Å²) in [6.07, 6.45) is 1.73. The van der Waals surface area contributed by atoms with Crippen molar-refractivity contribution >= 4 is 51.5 Å². The fraction of sp³-hybridized carbons (Fsp3) is 0.130. The van der Waals surface area contributed by atoms with Crippen LogP contribution in [0.5, 0.6) is 11.5 Å². The number of nitrogens with one attached hydrogen (secondary N) is 2. The monoisotopic (exact) mass is 549 g/mol. The molecule has 3 aromatic carbocycles. The Labute approximate surface area is 196 Å². The molecule has 2 amide bonds. The number of primary amides is 1. The van der Waals surface area contributed by atoms with Crippen molar-refractivity contribution in [1.29, 1.82) is 0 Å². The number of hydrogen-bond acceptors (Lipinski definition) is 4. The van der Waals surface area contributed by atoms with Gasteiger partial charge in [-0.1, -0.05) is 6.07 Å². The van der Waals surface area contributed by atoms with Gasteiger partial charge >= 0.3 is 0 Å². The molecule has 1 aliphatic carbocycles. The van der Waals surface area contributed by atoms with E-state index in [1.807, 2.05) is 22.6 Å². The maximum atomic E-state index is 14.4. The lowest BCUT2D eigenvalue weighted by Gasteiger charge is -2.16. The van der Waals surface area contributed by atoms with Crippen molar-refractivity contribution in [3.63, 3.8) is 0 Å². The first kappa shape index (κ1) is 22.0. The van der Waals surface area contributed by atoms with Gasteiger partial charge in [0.05, 0.1) is 11.4 Å². The Kier molecular flexibility index (Phi) is 6.26. The Balaban J connectivity index is 1.65. The second kappa shape index (κ2) is 9.11. The predicted octanol–water partition coefficient (Wildman–Crippen LogP) is 5.55. The quantitative estimate of drug-likeness (QED) is 0.337. The largest absolute Gasteiger partial charge is 0.456 e. The molecule has 1 fully saturated rings. The maximum Gasteiger partial charge on any atom is 0.254 e. The summed E-state index contributed by atoms with van der Waals surface area (Å²) in [4.78, 5) is 24.2. The third-order valence-corrected chi connectivity index (χ3v) is 5.46. The van der Waals surface area contributed by atoms with E-state index in [2.05, 4.69) is 10.6 Å². The number of amides is 2. The smallest absolute Gasteiger partial charge is 0.254 e. The number of rotatable bonds is 7. The lowest BCUT2D eigenvalue weighted by atomic mass is 10.1. The summed E-state index contributed by atoms with van der Waals surface area (Å²) < 4.78 is 35.1. The van der Waals surface area contributed by atoms with Gasteiger partial charge in [-0.25, -0.2) is 8.78 Å². The Morgan fingerprint density at radius 3 is 2.50 bits per heavy atom. The molecule has 0 unspecified atom stereocenters. The van der Waals surface area contributed by atoms with Crippen molar-refractivity contribution in [3.8, 4) is 11.5 Å². The van der Waals surface area contributed by atoms with Crippen LogP contribution in [0.25, 0.3) is 0 Å². The average molecular weight is 549 g/mol. The summed E-state index contributed by atoms with van der Waals surface area (Å²) in [5, 5.41) is 5.51. The molecule has 0 heterocycles. The van der Waals surface area contributed by atoms with E-state index in [4.69, 9.17) is 10.5 Å². The van der Waals surface area contributed by atoms with Crippen molar-refractivity contribution in [2.75, 3.05) is 10.6 Å². The minimum atomic E-state index is -0.883. The SMILES string of the molecule is NC(=O)c1c(Nc2ccc(I)cc2F)cc(F)cc1Oc1cccc(NC(=O)C2CC2)c1. The van der Waals surface area contributed by atoms with E-state index in [0.717, 1.165) is 25.0 Å². The Bertz CT molecular complexity index is 1220. The first-order chi connectivity index (χ1) is 15.3. The van der Waals surface area contributed by atoms with Gasteiger partial charge in [0.15, 0.2) is 0 Å². The van der Waals surface area contributed by atoms with Crippen LogP contribution in [0.4, 0.5) is 25.8 Å². The van der Waals surface area contributed by atoms with Crippen LogP contribution in [0.1, 0.15) is 23.2 Å². The summed E-state index contributed by atoms with van der Waals surface area (Å²) in [6, 6.07) is 13.0. The van der Waals surface area contributed by atoms with Gasteiger partial charge < -0.3 is 21.1 Å². The summed E-state index contributed by atoms with van der Waals surface area (Å²) >= 11 is 1.96. The highest BCUT2D eigenvalue weighted by molar-refractivity contribution is 14.1. The van der Waals surface area contributed by atoms with E-state index in [1.165, 1.54) is 12.1 Å². The molecule has 32 heavy (non-hydrogen) atoms. The number of benzene rings is 3. The van der Waals surface area contributed by atoms with E-state index in [9.17, 15) is 18.4 Å². The lowest BCUT2D eigenvalue weighted by Crippen LogP contribution is -2.15. The number of carbonyl (C=O) groups is 2. The first-order valence-electron chi connectivity index (χ1n) is 9.74. The molecule has 1 aliphatic rings. The molecule has 0 aliphatic heterocycles. The van der Waals surface area contributed by atoms with Crippen LogP contribution in [0, 0.1) is 21.1 Å². The van der Waals surface area contributed by atoms with Crippen molar-refractivity contribution in [2.24, 2.45) is 11.7 Å². The van der Waals surface area contributed by atoms with Crippen LogP contribution in [0.15, 0.2) is 54.6 Å². The van der Waals surface area contributed by atoms with E-state index < -0.39 is 17.5 Å². The number of hydrogen-bond donors (Lipinski definition) is 3. The summed E-state index contributed by atoms with van der Waals surface area (Å²) in [5.41, 5.74) is 5.92. The molecule has 6 nitrogen and oxygen atoms in total. The molecular weight excluding hydrogens is 531 g/mol. The van der Waals surface area contributed by atoms with Crippen molar-refractivity contribution < 1.29 is 23.1 Å². The number of halogens is 3. The summed E-state index contributed by atoms with van der Waals surface area (Å²) in [7, 11) is 0. The number of carbonyl (C=O) groups excluding carboxylic acids is 2. The minimum absolute atomic E-state index is 0.0274. The second-order valence-electron chi connectivity index (χ2n) is 7.33. The topological polar surface area (TPSA) is 93.5 Å². The average Bonchev–Trinajstić information content (AvgIpc) is 3.55. The Hall–Kier alpha value is -3.21. The van der Waals surface area contributed by atoms with Crippen molar-refractivity contribution in [1.82, 2.24) is 0 Å². The normalized spacial score (nSPS) is 12.8. The third kappa shape index (κ3) is 5.16. The lowest BCUT2D eigenvalue weighted by molar-refractivity contribution is -0.117. The fourth-order valence-corrected chi connectivity index (χ4v) is 3.56. The van der Waals surface area contributed by atoms with Crippen LogP contribution in [-0.2, 0) is 4.79 Å². The zero-order chi connectivity index (χ0) is 22.8. The molecule has 0 aromatic heterocycles. The van der Waals surface area contributed by atoms with Gasteiger partial charge in [0, 0.05) is 27.3 Å². The Morgan fingerprint density at radius 2 is 1.81 bits per heavy atom. The first-order valence-corrected chi connectivity index (χ1v) is 10.8. The van der Waals surface area contributed by atoms with Crippen LogP contribution < -0.4 is 21.1 Å². The molecule has 0 bridgehead atoms. The van der Waals surface area contributed by atoms with Crippen LogP contribution in [-0.4, -0.2) is 11.8 Å². The molecule has 9 heteroatoms. The van der Waals surface area contributed by atoms with Crippen LogP contribution in [0.2, 0.25) is 0 Å². The molecule has 0 saturated heterocycles. The van der Waals surface area contributed by atoms with Gasteiger partial charge in [-0.05, 0) is 71.8 Å². The molecular formula is C23H18F2IN3O3. The molecule has 1 saturated carbocycles. The van der Waals surface area contributed by atoms with Gasteiger partial charge in [-0.3, -0.25) is 9.59 Å². The van der Waals surface area contributed by atoms with E-state index in [0.29, 0.717) is 9.26 Å². The zero-order valence-electron chi connectivity index (χ0n) is 16.6. The second-order valence-corrected chi connectivity index (χ2v) is 8.58. The number of nitrogens with two attached hydrogens (primary N) is 1. The standard InChI is InChI=1S/C23H18F2IN3O3/c24-13-8-19(29-18-7-6-14(26)10-17(18)25)21(22(27)30)20(9-13)32-16-3-1-2-15(11-16)28-23(31)12-4-5-12/h1-3,6-12,29H,4-5H2,(H2,27,30)(H,28,31). The third-order valence-electron chi connectivity index (χ3n) is 4.79. The summed E-state index contributed by atoms with van der Waals surface area (Å²) in [5.74, 6) is -2.09. The zero-order valence-corrected chi connectivity index (χ0v) is 18.8. The molecule has 0 spiro atoms. The van der Waals surface area contributed by atoms with Gasteiger partial charge in [0.25, 0.3) is 5.91 Å². The minimum Gasteiger partial charge on any atom is -0.456 e. The van der Waals surface area contributed by atoms with Gasteiger partial charge in [0.2, 0.25) is 5.91 Å². The fourth-order valence-electron chi connectivity index (χ4n) is 3.11. The highest BCUT2D eigenvalue weighted by Gasteiger charge is 2.29. The molecule has 3 aromatic rings. The van der Waals surface area contributed by atoms with Gasteiger partial charge in [0.1, 0.15) is 28.7 Å². The van der Waals surface area contributed by atoms with Crippen molar-refractivity contribution in [3.05, 3.63) is 75.4 Å². The molecule has 4 N–H and O–H groups in total. The summed E-state index contributed by atoms with van der Waals surface area (Å²) in [6.45, 7) is 0. The molecule has 0 radical (unpaired) electrons. The van der Waals surface area contributed by atoms with E-state index in [1.54, 1.807) is 30.3 Å². The van der Waals surface area contributed by atoms with Gasteiger partial charge in [-0.15, -0.1) is 0 Å². The van der Waals surface area contributed by atoms with Crippen LogP contribution >= 0.6 is 22.6 Å². The highest BCUT2D eigenvalue weighted by atomic mass is 127. The number of anilines is 3. The molecule has 4 rings (SSSR count). The van der Waals surface area contributed by atoms with E-state index in [-0.39, 0.29) is 40.3 Å². The molecule has 164 valence electrons. The highest BCUT2D eigenvalue weighted by Crippen LogP contribution is 2.35. The maximum absolute atomic E-state index is 14.4. The van der Waals surface area contributed by atoms with Gasteiger partial charge in [-0.2, -0.15) is 0 Å².